The molecule has 7 heteroatoms. The van der Waals surface area contributed by atoms with Gasteiger partial charge in [-0.2, -0.15) is 11.3 Å². The molecular formula is C13H14N2O3S2. The van der Waals surface area contributed by atoms with Crippen LogP contribution in [0, 0.1) is 0 Å². The Balaban J connectivity index is 2.04. The molecule has 0 saturated heterocycles. The second kappa shape index (κ2) is 6.15. The van der Waals surface area contributed by atoms with E-state index in [1.807, 2.05) is 22.2 Å². The van der Waals surface area contributed by atoms with E-state index < -0.39 is 12.0 Å². The predicted octanol–water partition coefficient (Wildman–Crippen LogP) is 2.35. The molecule has 2 rings (SSSR count). The number of likely N-dealkylation sites (N-methyl/N-ethyl adjacent to an activating group) is 1. The van der Waals surface area contributed by atoms with E-state index in [-0.39, 0.29) is 12.3 Å². The monoisotopic (exact) mass is 310 g/mol. The van der Waals surface area contributed by atoms with Crippen LogP contribution in [0.25, 0.3) is 10.6 Å². The summed E-state index contributed by atoms with van der Waals surface area (Å²) in [5.41, 5.74) is 1.72. The highest BCUT2D eigenvalue weighted by Gasteiger charge is 2.22. The minimum Gasteiger partial charge on any atom is -0.480 e. The lowest BCUT2D eigenvalue weighted by Crippen LogP contribution is -2.41. The molecule has 0 spiro atoms. The van der Waals surface area contributed by atoms with Gasteiger partial charge in [0, 0.05) is 23.4 Å². The summed E-state index contributed by atoms with van der Waals surface area (Å²) in [7, 11) is 1.49. The van der Waals surface area contributed by atoms with Gasteiger partial charge in [0.25, 0.3) is 0 Å². The van der Waals surface area contributed by atoms with Crippen molar-refractivity contribution in [2.45, 2.75) is 19.4 Å². The van der Waals surface area contributed by atoms with Crippen molar-refractivity contribution in [2.24, 2.45) is 0 Å². The molecule has 2 heterocycles. The summed E-state index contributed by atoms with van der Waals surface area (Å²) in [6.07, 6.45) is 0.120. The summed E-state index contributed by atoms with van der Waals surface area (Å²) >= 11 is 3.08. The van der Waals surface area contributed by atoms with Crippen molar-refractivity contribution in [2.75, 3.05) is 7.05 Å². The van der Waals surface area contributed by atoms with E-state index in [9.17, 15) is 9.59 Å². The minimum atomic E-state index is -1.02. The first-order valence-corrected chi connectivity index (χ1v) is 7.76. The predicted molar refractivity (Wildman–Crippen MR) is 79.0 cm³/mol. The van der Waals surface area contributed by atoms with E-state index in [0.717, 1.165) is 10.6 Å². The third kappa shape index (κ3) is 3.23. The number of carboxylic acids is 1. The molecule has 0 aliphatic heterocycles. The van der Waals surface area contributed by atoms with Crippen molar-refractivity contribution in [1.29, 1.82) is 0 Å². The van der Waals surface area contributed by atoms with Gasteiger partial charge in [0.1, 0.15) is 11.0 Å². The Labute approximate surface area is 124 Å². The van der Waals surface area contributed by atoms with Crippen molar-refractivity contribution in [3.8, 4) is 10.6 Å². The first kappa shape index (κ1) is 14.7. The average molecular weight is 310 g/mol. The summed E-state index contributed by atoms with van der Waals surface area (Å²) in [6.45, 7) is 1.48. The maximum Gasteiger partial charge on any atom is 0.326 e. The van der Waals surface area contributed by atoms with E-state index in [2.05, 4.69) is 4.98 Å². The minimum absolute atomic E-state index is 0.120. The van der Waals surface area contributed by atoms with E-state index >= 15 is 0 Å². The van der Waals surface area contributed by atoms with Crippen LogP contribution in [-0.2, 0) is 16.0 Å². The van der Waals surface area contributed by atoms with Gasteiger partial charge in [0.05, 0.1) is 12.1 Å². The van der Waals surface area contributed by atoms with Gasteiger partial charge in [0.15, 0.2) is 0 Å². The number of amides is 1. The van der Waals surface area contributed by atoms with Gasteiger partial charge in [-0.3, -0.25) is 4.79 Å². The van der Waals surface area contributed by atoms with Crippen molar-refractivity contribution in [1.82, 2.24) is 9.88 Å². The zero-order valence-electron chi connectivity index (χ0n) is 11.1. The summed E-state index contributed by atoms with van der Waals surface area (Å²) in [5, 5.41) is 15.6. The lowest BCUT2D eigenvalue weighted by molar-refractivity contribution is -0.148. The molecule has 0 saturated carbocycles. The molecule has 0 fully saturated rings. The molecule has 1 atom stereocenters. The van der Waals surface area contributed by atoms with Crippen LogP contribution in [0.4, 0.5) is 0 Å². The van der Waals surface area contributed by atoms with Crippen LogP contribution in [0.1, 0.15) is 12.6 Å². The van der Waals surface area contributed by atoms with Gasteiger partial charge >= 0.3 is 5.97 Å². The number of nitrogens with zero attached hydrogens (tertiary/aromatic N) is 2. The quantitative estimate of drug-likeness (QED) is 0.920. The SMILES string of the molecule is CC(C(=O)O)N(C)C(=O)Cc1csc(-c2ccsc2)n1. The van der Waals surface area contributed by atoms with E-state index in [1.54, 1.807) is 11.3 Å². The van der Waals surface area contributed by atoms with Gasteiger partial charge < -0.3 is 10.0 Å². The molecule has 0 bridgehead atoms. The molecule has 0 aliphatic rings. The fourth-order valence-electron chi connectivity index (χ4n) is 1.57. The topological polar surface area (TPSA) is 70.5 Å². The standard InChI is InChI=1S/C13H14N2O3S2/c1-8(13(17)18)15(2)11(16)5-10-7-20-12(14-10)9-3-4-19-6-9/h3-4,6-8H,5H2,1-2H3,(H,17,18). The Hall–Kier alpha value is -1.73. The Morgan fingerprint density at radius 1 is 1.45 bits per heavy atom. The highest BCUT2D eigenvalue weighted by molar-refractivity contribution is 7.14. The lowest BCUT2D eigenvalue weighted by Gasteiger charge is -2.20. The van der Waals surface area contributed by atoms with Crippen LogP contribution in [-0.4, -0.2) is 40.0 Å². The number of rotatable bonds is 5. The third-order valence-corrected chi connectivity index (χ3v) is 4.61. The first-order valence-electron chi connectivity index (χ1n) is 5.94. The molecule has 5 nitrogen and oxygen atoms in total. The van der Waals surface area contributed by atoms with E-state index in [4.69, 9.17) is 5.11 Å². The Morgan fingerprint density at radius 2 is 2.20 bits per heavy atom. The highest BCUT2D eigenvalue weighted by atomic mass is 32.1. The molecule has 0 radical (unpaired) electrons. The number of thiophene rings is 1. The number of aliphatic carboxylic acids is 1. The number of carbonyl (C=O) groups excluding carboxylic acids is 1. The van der Waals surface area contributed by atoms with Gasteiger partial charge in [-0.25, -0.2) is 9.78 Å². The largest absolute Gasteiger partial charge is 0.480 e. The second-order valence-electron chi connectivity index (χ2n) is 4.35. The maximum atomic E-state index is 12.0. The molecule has 1 unspecified atom stereocenters. The molecule has 0 aliphatic carbocycles. The number of hydrogen-bond donors (Lipinski definition) is 1. The van der Waals surface area contributed by atoms with Gasteiger partial charge in [-0.05, 0) is 18.4 Å². The number of hydrogen-bond acceptors (Lipinski definition) is 5. The Morgan fingerprint density at radius 3 is 2.80 bits per heavy atom. The van der Waals surface area contributed by atoms with Crippen LogP contribution in [0.15, 0.2) is 22.2 Å². The van der Waals surface area contributed by atoms with Crippen molar-refractivity contribution >= 4 is 34.6 Å². The number of aromatic nitrogens is 1. The number of carboxylic acid groups (broad SMARTS) is 1. The van der Waals surface area contributed by atoms with Crippen molar-refractivity contribution < 1.29 is 14.7 Å². The number of thiazole rings is 1. The fraction of sp³-hybridized carbons (Fsp3) is 0.308. The normalized spacial score (nSPS) is 12.1. The maximum absolute atomic E-state index is 12.0. The van der Waals surface area contributed by atoms with Crippen LogP contribution in [0.5, 0.6) is 0 Å². The Kier molecular flexibility index (Phi) is 4.51. The van der Waals surface area contributed by atoms with Crippen molar-refractivity contribution in [3.63, 3.8) is 0 Å². The van der Waals surface area contributed by atoms with Crippen LogP contribution in [0.2, 0.25) is 0 Å². The molecular weight excluding hydrogens is 296 g/mol. The molecule has 1 amide bonds. The van der Waals surface area contributed by atoms with Gasteiger partial charge in [-0.15, -0.1) is 11.3 Å². The highest BCUT2D eigenvalue weighted by Crippen LogP contribution is 2.25. The zero-order valence-corrected chi connectivity index (χ0v) is 12.7. The van der Waals surface area contributed by atoms with Crippen LogP contribution >= 0.6 is 22.7 Å². The summed E-state index contributed by atoms with van der Waals surface area (Å²) in [6, 6.07) is 1.14. The summed E-state index contributed by atoms with van der Waals surface area (Å²) < 4.78 is 0. The third-order valence-electron chi connectivity index (χ3n) is 2.98. The van der Waals surface area contributed by atoms with Crippen LogP contribution in [0.3, 0.4) is 0 Å². The van der Waals surface area contributed by atoms with E-state index in [0.29, 0.717) is 5.69 Å². The number of carbonyl (C=O) groups is 2. The van der Waals surface area contributed by atoms with Gasteiger partial charge in [-0.1, -0.05) is 0 Å². The lowest BCUT2D eigenvalue weighted by atomic mass is 10.2. The molecule has 20 heavy (non-hydrogen) atoms. The molecule has 2 aromatic rings. The smallest absolute Gasteiger partial charge is 0.326 e. The summed E-state index contributed by atoms with van der Waals surface area (Å²) in [4.78, 5) is 28.5. The second-order valence-corrected chi connectivity index (χ2v) is 5.99. The molecule has 2 aromatic heterocycles. The zero-order chi connectivity index (χ0) is 14.7. The van der Waals surface area contributed by atoms with Crippen LogP contribution < -0.4 is 0 Å². The van der Waals surface area contributed by atoms with Gasteiger partial charge in [0.2, 0.25) is 5.91 Å². The molecule has 106 valence electrons. The van der Waals surface area contributed by atoms with E-state index in [1.165, 1.54) is 30.2 Å². The molecule has 0 aromatic carbocycles. The Bertz CT molecular complexity index is 607. The fourth-order valence-corrected chi connectivity index (χ4v) is 3.10. The molecule has 1 N–H and O–H groups in total. The summed E-state index contributed by atoms with van der Waals surface area (Å²) in [5.74, 6) is -1.26. The first-order chi connectivity index (χ1) is 9.49. The van der Waals surface area contributed by atoms with Crippen molar-refractivity contribution in [3.05, 3.63) is 27.9 Å². The average Bonchev–Trinajstić information content (AvgIpc) is 3.06.